The van der Waals surface area contributed by atoms with E-state index < -0.39 is 75.7 Å². The van der Waals surface area contributed by atoms with Gasteiger partial charge in [0.05, 0.1) is 6.61 Å². The van der Waals surface area contributed by atoms with Crippen molar-refractivity contribution in [3.8, 4) is 0 Å². The maximum atomic E-state index is 12.8. The molecule has 67 heavy (non-hydrogen) atoms. The Morgan fingerprint density at radius 2 is 0.806 bits per heavy atom. The normalized spacial score (nSPS) is 21.4. The molecule has 13 nitrogen and oxygen atoms in total. The van der Waals surface area contributed by atoms with Gasteiger partial charge < -0.3 is 39.9 Å². The summed E-state index contributed by atoms with van der Waals surface area (Å²) in [5.74, 6) is -1.20. The number of esters is 2. The first-order valence-electron chi connectivity index (χ1n) is 26.8. The molecule has 0 aromatic heterocycles. The molecule has 6 unspecified atom stereocenters. The maximum Gasteiger partial charge on any atom is 0.472 e. The van der Waals surface area contributed by atoms with Crippen LogP contribution in [0.25, 0.3) is 0 Å². The van der Waals surface area contributed by atoms with Crippen molar-refractivity contribution in [3.63, 3.8) is 0 Å². The van der Waals surface area contributed by atoms with Gasteiger partial charge in [-0.2, -0.15) is 0 Å². The molecule has 0 heterocycles. The summed E-state index contributed by atoms with van der Waals surface area (Å²) in [6.07, 6.45) is 38.0. The summed E-state index contributed by atoms with van der Waals surface area (Å²) >= 11 is 0. The average Bonchev–Trinajstić information content (AvgIpc) is 3.31. The Hall–Kier alpha value is -1.93. The van der Waals surface area contributed by atoms with E-state index >= 15 is 0 Å². The monoisotopic (exact) mass is 973 g/mol. The highest BCUT2D eigenvalue weighted by Gasteiger charge is 2.51. The van der Waals surface area contributed by atoms with Crippen molar-refractivity contribution in [2.45, 2.75) is 275 Å². The van der Waals surface area contributed by atoms with E-state index in [9.17, 15) is 44.6 Å². The Bertz CT molecular complexity index is 1310. The Kier molecular flexibility index (Phi) is 40.4. The van der Waals surface area contributed by atoms with Gasteiger partial charge in [-0.1, -0.05) is 198 Å². The van der Waals surface area contributed by atoms with Gasteiger partial charge in [0.1, 0.15) is 43.2 Å². The molecule has 1 fully saturated rings. The van der Waals surface area contributed by atoms with Gasteiger partial charge >= 0.3 is 19.8 Å². The van der Waals surface area contributed by atoms with Gasteiger partial charge in [0, 0.05) is 12.8 Å². The summed E-state index contributed by atoms with van der Waals surface area (Å²) < 4.78 is 33.5. The highest BCUT2D eigenvalue weighted by molar-refractivity contribution is 7.47. The number of ether oxygens (including phenoxy) is 2. The van der Waals surface area contributed by atoms with Crippen LogP contribution in [0.4, 0.5) is 0 Å². The van der Waals surface area contributed by atoms with E-state index in [1.54, 1.807) is 0 Å². The molecule has 0 aromatic carbocycles. The molecule has 1 rings (SSSR count). The van der Waals surface area contributed by atoms with Crippen LogP contribution in [0, 0.1) is 0 Å². The lowest BCUT2D eigenvalue weighted by atomic mass is 9.85. The fraction of sp³-hybridized carbons (Fsp3) is 0.849. The molecule has 0 bridgehead atoms. The smallest absolute Gasteiger partial charge is 0.462 e. The second kappa shape index (κ2) is 42.9. The molecule has 392 valence electrons. The molecule has 6 N–H and O–H groups in total. The van der Waals surface area contributed by atoms with Crippen LogP contribution in [0.1, 0.15) is 232 Å². The van der Waals surface area contributed by atoms with Crippen molar-refractivity contribution < 1.29 is 63.1 Å². The third kappa shape index (κ3) is 34.9. The summed E-state index contributed by atoms with van der Waals surface area (Å²) in [6, 6.07) is 0. The summed E-state index contributed by atoms with van der Waals surface area (Å²) in [5.41, 5.74) is 0. The fourth-order valence-corrected chi connectivity index (χ4v) is 9.12. The molecular weight excluding hydrogens is 876 g/mol. The molecule has 0 aromatic rings. The molecule has 0 aliphatic heterocycles. The van der Waals surface area contributed by atoms with E-state index in [0.29, 0.717) is 19.3 Å². The van der Waals surface area contributed by atoms with Crippen molar-refractivity contribution >= 4 is 19.8 Å². The van der Waals surface area contributed by atoms with Crippen LogP contribution in [0.3, 0.4) is 0 Å². The quantitative estimate of drug-likeness (QED) is 0.0145. The minimum absolute atomic E-state index is 0.0314. The number of rotatable bonds is 45. The summed E-state index contributed by atoms with van der Waals surface area (Å²) in [7, 11) is -5.14. The van der Waals surface area contributed by atoms with E-state index in [0.717, 1.165) is 32.1 Å². The molecule has 1 saturated carbocycles. The number of phosphoric ester groups is 1. The number of allylic oxidation sites excluding steroid dienone is 6. The summed E-state index contributed by atoms with van der Waals surface area (Å²) in [4.78, 5) is 35.8. The van der Waals surface area contributed by atoms with Gasteiger partial charge in [0.15, 0.2) is 6.10 Å². The van der Waals surface area contributed by atoms with Crippen molar-refractivity contribution in [2.75, 3.05) is 13.2 Å². The van der Waals surface area contributed by atoms with Crippen LogP contribution < -0.4 is 0 Å². The first-order chi connectivity index (χ1) is 32.4. The maximum absolute atomic E-state index is 12.8. The number of aliphatic hydroxyl groups excluding tert-OH is 5. The molecule has 1 aliphatic carbocycles. The van der Waals surface area contributed by atoms with Gasteiger partial charge in [-0.15, -0.1) is 0 Å². The highest BCUT2D eigenvalue weighted by Crippen LogP contribution is 2.47. The Labute approximate surface area is 406 Å². The lowest BCUT2D eigenvalue weighted by molar-refractivity contribution is -0.220. The molecule has 0 saturated heterocycles. The molecule has 8 atom stereocenters. The van der Waals surface area contributed by atoms with Crippen molar-refractivity contribution in [1.82, 2.24) is 0 Å². The number of phosphoric acid groups is 1. The summed E-state index contributed by atoms with van der Waals surface area (Å²) in [5, 5.41) is 50.3. The van der Waals surface area contributed by atoms with Crippen molar-refractivity contribution in [1.29, 1.82) is 0 Å². The van der Waals surface area contributed by atoms with Gasteiger partial charge in [0.2, 0.25) is 0 Å². The number of hydrogen-bond donors (Lipinski definition) is 6. The Morgan fingerprint density at radius 3 is 1.24 bits per heavy atom. The average molecular weight is 973 g/mol. The zero-order valence-electron chi connectivity index (χ0n) is 41.9. The van der Waals surface area contributed by atoms with Crippen LogP contribution in [0.2, 0.25) is 0 Å². The zero-order valence-corrected chi connectivity index (χ0v) is 42.8. The molecule has 0 radical (unpaired) electrons. The second-order valence-electron chi connectivity index (χ2n) is 18.7. The molecule has 0 spiro atoms. The van der Waals surface area contributed by atoms with Gasteiger partial charge in [-0.3, -0.25) is 18.6 Å². The SMILES string of the molecule is CCCCCCCCCCCCC/C=C/CCC(=O)OC[C@H](COP(=O)(O)OC1C(O)C(O)C(O)[C@@H](O)C1O)OC(=O)CCC/C=C/CC/C=C/CCCCCCCCCCCCCCCC. The van der Waals surface area contributed by atoms with Crippen LogP contribution in [-0.2, 0) is 32.7 Å². The molecule has 0 amide bonds. The predicted octanol–water partition coefficient (Wildman–Crippen LogP) is 11.7. The number of unbranched alkanes of at least 4 members (excludes halogenated alkanes) is 27. The topological polar surface area (TPSA) is 210 Å². The number of aliphatic hydroxyl groups is 5. The molecular formula is C53H97O13P. The van der Waals surface area contributed by atoms with Crippen LogP contribution in [-0.4, -0.2) is 98.3 Å². The van der Waals surface area contributed by atoms with Gasteiger partial charge in [-0.05, 0) is 57.8 Å². The largest absolute Gasteiger partial charge is 0.472 e. The molecule has 1 aliphatic rings. The van der Waals surface area contributed by atoms with E-state index in [-0.39, 0.29) is 12.8 Å². The Balaban J connectivity index is 2.41. The fourth-order valence-electron chi connectivity index (χ4n) is 8.15. The van der Waals surface area contributed by atoms with E-state index in [1.165, 1.54) is 154 Å². The number of carbonyl (C=O) groups excluding carboxylic acids is 2. The Morgan fingerprint density at radius 1 is 0.448 bits per heavy atom. The predicted molar refractivity (Wildman–Crippen MR) is 267 cm³/mol. The second-order valence-corrected chi connectivity index (χ2v) is 20.1. The first-order valence-corrected chi connectivity index (χ1v) is 28.3. The summed E-state index contributed by atoms with van der Waals surface area (Å²) in [6.45, 7) is 3.27. The van der Waals surface area contributed by atoms with Gasteiger partial charge in [0.25, 0.3) is 0 Å². The lowest BCUT2D eigenvalue weighted by Crippen LogP contribution is -2.64. The number of hydrogen-bond acceptors (Lipinski definition) is 12. The first kappa shape index (κ1) is 63.1. The van der Waals surface area contributed by atoms with E-state index in [1.807, 2.05) is 12.2 Å². The third-order valence-corrected chi connectivity index (χ3v) is 13.4. The van der Waals surface area contributed by atoms with Crippen molar-refractivity contribution in [2.24, 2.45) is 0 Å². The van der Waals surface area contributed by atoms with Crippen LogP contribution in [0.5, 0.6) is 0 Å². The minimum Gasteiger partial charge on any atom is -0.462 e. The highest BCUT2D eigenvalue weighted by atomic mass is 31.2. The zero-order chi connectivity index (χ0) is 49.2. The van der Waals surface area contributed by atoms with Gasteiger partial charge in [-0.25, -0.2) is 4.57 Å². The third-order valence-electron chi connectivity index (χ3n) is 12.4. The van der Waals surface area contributed by atoms with E-state index in [4.69, 9.17) is 18.5 Å². The van der Waals surface area contributed by atoms with E-state index in [2.05, 4.69) is 38.2 Å². The van der Waals surface area contributed by atoms with Crippen LogP contribution >= 0.6 is 7.82 Å². The lowest BCUT2D eigenvalue weighted by Gasteiger charge is -2.41. The minimum atomic E-state index is -5.14. The number of carbonyl (C=O) groups is 2. The van der Waals surface area contributed by atoms with Crippen molar-refractivity contribution in [3.05, 3.63) is 36.5 Å². The standard InChI is InChI=1S/C53H97O13P/c1-3-5-7-9-11-13-15-17-19-20-21-22-23-24-25-26-28-30-32-34-36-38-40-42-47(55)65-45(44-64-67(61,62)66-53-51(59)49(57)48(56)50(58)52(53)60)43-63-46(54)41-39-37-35-33-31-29-27-18-16-14-12-10-8-6-4-2/h26,28,34-37,45,48-53,56-60H,3-25,27,29-33,38-44H2,1-2H3,(H,61,62)/b28-26+,36-34+,37-35+/t45-,48?,49-,50?,51?,52?,53?/m1/s1. The van der Waals surface area contributed by atoms with Crippen LogP contribution in [0.15, 0.2) is 36.5 Å². The molecule has 14 heteroatoms.